The van der Waals surface area contributed by atoms with Crippen LogP contribution in [0.25, 0.3) is 21.5 Å². The fourth-order valence-electron chi connectivity index (χ4n) is 5.49. The summed E-state index contributed by atoms with van der Waals surface area (Å²) in [5, 5.41) is 4.69. The lowest BCUT2D eigenvalue weighted by molar-refractivity contribution is 0.488. The molecule has 0 atom stereocenters. The molecule has 0 spiro atoms. The van der Waals surface area contributed by atoms with Gasteiger partial charge in [0.05, 0.1) is 17.1 Å². The quantitative estimate of drug-likeness (QED) is 0.244. The number of nitrogens with zero attached hydrogens (tertiary/aromatic N) is 1. The maximum atomic E-state index is 6.83. The molecule has 5 aromatic carbocycles. The Kier molecular flexibility index (Phi) is 4.73. The third-order valence-electron chi connectivity index (χ3n) is 7.33. The summed E-state index contributed by atoms with van der Waals surface area (Å²) in [6, 6.07) is 28.5. The molecule has 6 rings (SSSR count). The van der Waals surface area contributed by atoms with Crippen molar-refractivity contribution >= 4 is 38.6 Å². The van der Waals surface area contributed by atoms with E-state index < -0.39 is 0 Å². The minimum absolute atomic E-state index is 0.0960. The highest BCUT2D eigenvalue weighted by Gasteiger charge is 2.31. The zero-order valence-electron chi connectivity index (χ0n) is 21.4. The maximum absolute atomic E-state index is 6.83. The lowest BCUT2D eigenvalue weighted by Crippen LogP contribution is -2.19. The smallest absolute Gasteiger partial charge is 0.159 e. The van der Waals surface area contributed by atoms with Gasteiger partial charge in [-0.3, -0.25) is 0 Å². The van der Waals surface area contributed by atoms with E-state index in [0.29, 0.717) is 0 Å². The van der Waals surface area contributed by atoms with E-state index in [9.17, 15) is 0 Å². The van der Waals surface area contributed by atoms with Gasteiger partial charge in [0.25, 0.3) is 0 Å². The van der Waals surface area contributed by atoms with E-state index >= 15 is 0 Å². The molecule has 0 fully saturated rings. The second-order valence-corrected chi connectivity index (χ2v) is 10.9. The molecule has 0 N–H and O–H groups in total. The molecular formula is C33H31NO. The van der Waals surface area contributed by atoms with Crippen molar-refractivity contribution in [2.45, 2.75) is 47.0 Å². The van der Waals surface area contributed by atoms with Gasteiger partial charge < -0.3 is 9.64 Å². The van der Waals surface area contributed by atoms with E-state index in [1.807, 2.05) is 0 Å². The Morgan fingerprint density at radius 2 is 1.23 bits per heavy atom. The maximum Gasteiger partial charge on any atom is 0.159 e. The first-order valence-corrected chi connectivity index (χ1v) is 12.4. The number of rotatable bonds is 1. The Hall–Kier alpha value is -3.78. The van der Waals surface area contributed by atoms with Crippen LogP contribution in [-0.4, -0.2) is 0 Å². The summed E-state index contributed by atoms with van der Waals surface area (Å²) in [6.07, 6.45) is 0. The van der Waals surface area contributed by atoms with Crippen molar-refractivity contribution in [3.8, 4) is 11.5 Å². The summed E-state index contributed by atoms with van der Waals surface area (Å²) in [4.78, 5) is 2.42. The van der Waals surface area contributed by atoms with Gasteiger partial charge in [-0.25, -0.2) is 0 Å². The lowest BCUT2D eigenvalue weighted by atomic mass is 9.84. The highest BCUT2D eigenvalue weighted by atomic mass is 16.5. The van der Waals surface area contributed by atoms with Crippen LogP contribution >= 0.6 is 0 Å². The van der Waals surface area contributed by atoms with Crippen molar-refractivity contribution in [2.24, 2.45) is 0 Å². The van der Waals surface area contributed by atoms with Crippen molar-refractivity contribution in [3.05, 3.63) is 101 Å². The number of hydrogen-bond donors (Lipinski definition) is 0. The van der Waals surface area contributed by atoms with Crippen molar-refractivity contribution < 1.29 is 4.74 Å². The van der Waals surface area contributed by atoms with Gasteiger partial charge >= 0.3 is 0 Å². The van der Waals surface area contributed by atoms with Gasteiger partial charge in [-0.1, -0.05) is 87.5 Å². The Morgan fingerprint density at radius 1 is 0.600 bits per heavy atom. The average molecular weight is 458 g/mol. The van der Waals surface area contributed by atoms with Crippen molar-refractivity contribution in [1.29, 1.82) is 0 Å². The Labute approximate surface area is 207 Å². The van der Waals surface area contributed by atoms with Crippen molar-refractivity contribution in [2.75, 3.05) is 4.90 Å². The molecule has 0 bridgehead atoms. The Bertz CT molecular complexity index is 1610. The van der Waals surface area contributed by atoms with Crippen molar-refractivity contribution in [1.82, 2.24) is 0 Å². The summed E-state index contributed by atoms with van der Waals surface area (Å²) >= 11 is 0. The second kappa shape index (κ2) is 7.61. The standard InChI is InChI=1S/C33H31NO/c1-20-10-9-13-27-25(20)15-17-29-32(27)35-31-26-12-8-7-11-23(26)14-16-28(31)34(29)30-21(2)18-24(19-22(30)3)33(4,5)6/h7-19H,1-6H3. The number of hydrogen-bond acceptors (Lipinski definition) is 2. The van der Waals surface area contributed by atoms with E-state index in [0.717, 1.165) is 33.6 Å². The molecule has 35 heavy (non-hydrogen) atoms. The first-order chi connectivity index (χ1) is 16.7. The van der Waals surface area contributed by atoms with Crippen LogP contribution in [0.3, 0.4) is 0 Å². The third kappa shape index (κ3) is 3.31. The summed E-state index contributed by atoms with van der Waals surface area (Å²) in [5.74, 6) is 1.84. The van der Waals surface area contributed by atoms with Gasteiger partial charge in [0.1, 0.15) is 0 Å². The van der Waals surface area contributed by atoms with E-state index in [1.165, 1.54) is 38.7 Å². The molecule has 0 saturated carbocycles. The minimum atomic E-state index is 0.0960. The molecule has 1 aliphatic rings. The molecule has 2 nitrogen and oxygen atoms in total. The molecular weight excluding hydrogens is 426 g/mol. The first kappa shape index (κ1) is 21.7. The van der Waals surface area contributed by atoms with Crippen LogP contribution in [0.2, 0.25) is 0 Å². The molecule has 0 aliphatic carbocycles. The molecule has 0 saturated heterocycles. The largest absolute Gasteiger partial charge is 0.452 e. The van der Waals surface area contributed by atoms with E-state index in [1.54, 1.807) is 0 Å². The topological polar surface area (TPSA) is 12.5 Å². The van der Waals surface area contributed by atoms with Crippen molar-refractivity contribution in [3.63, 3.8) is 0 Å². The van der Waals surface area contributed by atoms with Gasteiger partial charge in [-0.15, -0.1) is 0 Å². The molecule has 174 valence electrons. The van der Waals surface area contributed by atoms with Crippen LogP contribution in [0.5, 0.6) is 11.5 Å². The number of anilines is 3. The predicted molar refractivity (Wildman–Crippen MR) is 149 cm³/mol. The number of fused-ring (bicyclic) bond motifs is 6. The molecule has 0 aromatic heterocycles. The molecule has 0 radical (unpaired) electrons. The van der Waals surface area contributed by atoms with E-state index in [-0.39, 0.29) is 5.41 Å². The van der Waals surface area contributed by atoms with E-state index in [2.05, 4.69) is 125 Å². The summed E-state index contributed by atoms with van der Waals surface area (Å²) < 4.78 is 6.83. The first-order valence-electron chi connectivity index (χ1n) is 12.4. The summed E-state index contributed by atoms with van der Waals surface area (Å²) in [6.45, 7) is 13.5. The zero-order valence-corrected chi connectivity index (χ0v) is 21.4. The molecule has 2 heteroatoms. The van der Waals surface area contributed by atoms with Crippen LogP contribution in [0.1, 0.15) is 43.0 Å². The van der Waals surface area contributed by atoms with Gasteiger partial charge in [0.2, 0.25) is 0 Å². The molecule has 1 aliphatic heterocycles. The third-order valence-corrected chi connectivity index (χ3v) is 7.33. The molecule has 1 heterocycles. The highest BCUT2D eigenvalue weighted by Crippen LogP contribution is 2.56. The monoisotopic (exact) mass is 457 g/mol. The zero-order chi connectivity index (χ0) is 24.5. The fraction of sp³-hybridized carbons (Fsp3) is 0.212. The van der Waals surface area contributed by atoms with Crippen LogP contribution in [0.4, 0.5) is 17.1 Å². The second-order valence-electron chi connectivity index (χ2n) is 10.9. The van der Waals surface area contributed by atoms with Crippen LogP contribution in [0.15, 0.2) is 78.9 Å². The number of ether oxygens (including phenoxy) is 1. The number of aryl methyl sites for hydroxylation is 3. The van der Waals surface area contributed by atoms with Gasteiger partial charge in [0, 0.05) is 10.8 Å². The summed E-state index contributed by atoms with van der Waals surface area (Å²) in [7, 11) is 0. The highest BCUT2D eigenvalue weighted by molar-refractivity contribution is 6.05. The molecule has 0 amide bonds. The normalized spacial score (nSPS) is 13.0. The van der Waals surface area contributed by atoms with Gasteiger partial charge in [0.15, 0.2) is 11.5 Å². The van der Waals surface area contributed by atoms with Crippen LogP contribution < -0.4 is 9.64 Å². The fourth-order valence-corrected chi connectivity index (χ4v) is 5.49. The van der Waals surface area contributed by atoms with Crippen LogP contribution in [0, 0.1) is 20.8 Å². The van der Waals surface area contributed by atoms with Crippen LogP contribution in [-0.2, 0) is 5.41 Å². The molecule has 5 aromatic rings. The average Bonchev–Trinajstić information content (AvgIpc) is 2.82. The SMILES string of the molecule is Cc1cc(C(C)(C)C)cc(C)c1N1c2ccc3ccccc3c2Oc2c1ccc1c(C)cccc21. The van der Waals surface area contributed by atoms with Gasteiger partial charge in [-0.2, -0.15) is 0 Å². The lowest BCUT2D eigenvalue weighted by Gasteiger charge is -2.36. The molecule has 0 unspecified atom stereocenters. The number of benzene rings is 5. The Balaban J connectivity index is 1.71. The van der Waals surface area contributed by atoms with E-state index in [4.69, 9.17) is 4.74 Å². The van der Waals surface area contributed by atoms with Gasteiger partial charge in [-0.05, 0) is 71.3 Å². The Morgan fingerprint density at radius 3 is 1.94 bits per heavy atom. The summed E-state index contributed by atoms with van der Waals surface area (Å²) in [5.41, 5.74) is 8.64. The predicted octanol–water partition coefficient (Wildman–Crippen LogP) is 9.79. The minimum Gasteiger partial charge on any atom is -0.452 e.